The average Bonchev–Trinajstić information content (AvgIpc) is 3.25. The number of hydrogen-bond donors (Lipinski definition) is 1. The zero-order chi connectivity index (χ0) is 24.3. The fraction of sp³-hybridized carbons (Fsp3) is 0.160. The van der Waals surface area contributed by atoms with Crippen molar-refractivity contribution in [3.8, 4) is 5.75 Å². The highest BCUT2D eigenvalue weighted by molar-refractivity contribution is 9.10. The topological polar surface area (TPSA) is 75.7 Å². The Labute approximate surface area is 211 Å². The molecule has 0 unspecified atom stereocenters. The van der Waals surface area contributed by atoms with Crippen molar-refractivity contribution in [3.63, 3.8) is 0 Å². The number of ether oxygens (including phenoxy) is 1. The molecule has 0 aliphatic rings. The molecule has 0 aliphatic carbocycles. The number of carbonyl (C=O) groups is 1. The van der Waals surface area contributed by atoms with Crippen LogP contribution in [-0.2, 0) is 10.0 Å². The van der Waals surface area contributed by atoms with Crippen LogP contribution in [0.1, 0.15) is 23.5 Å². The molecule has 3 aromatic carbocycles. The number of nitrogens with zero attached hydrogens (tertiary/aromatic N) is 1. The molecule has 1 aromatic heterocycles. The van der Waals surface area contributed by atoms with E-state index in [1.54, 1.807) is 55.5 Å². The molecule has 0 radical (unpaired) electrons. The number of carbonyl (C=O) groups excluding carboxylic acids is 1. The smallest absolute Gasteiger partial charge is 0.265 e. The first kappa shape index (κ1) is 24.3. The van der Waals surface area contributed by atoms with Gasteiger partial charge in [0.05, 0.1) is 27.8 Å². The Bertz CT molecular complexity index is 1430. The molecule has 34 heavy (non-hydrogen) atoms. The van der Waals surface area contributed by atoms with Crippen LogP contribution < -0.4 is 14.4 Å². The molecule has 0 fully saturated rings. The van der Waals surface area contributed by atoms with E-state index in [1.807, 2.05) is 31.2 Å². The normalized spacial score (nSPS) is 11.4. The van der Waals surface area contributed by atoms with E-state index in [4.69, 9.17) is 4.74 Å². The van der Waals surface area contributed by atoms with Crippen LogP contribution in [0, 0.1) is 0 Å². The van der Waals surface area contributed by atoms with Crippen LogP contribution in [0.2, 0.25) is 0 Å². The van der Waals surface area contributed by atoms with Crippen molar-refractivity contribution in [2.24, 2.45) is 0 Å². The van der Waals surface area contributed by atoms with Gasteiger partial charge in [0.2, 0.25) is 0 Å². The summed E-state index contributed by atoms with van der Waals surface area (Å²) in [6, 6.07) is 21.0. The largest absolute Gasteiger partial charge is 0.492 e. The highest BCUT2D eigenvalue weighted by Crippen LogP contribution is 2.33. The van der Waals surface area contributed by atoms with Gasteiger partial charge in [0, 0.05) is 15.7 Å². The number of sulfonamides is 1. The van der Waals surface area contributed by atoms with E-state index in [1.165, 1.54) is 15.6 Å². The maximum atomic E-state index is 13.3. The van der Waals surface area contributed by atoms with E-state index in [2.05, 4.69) is 21.2 Å². The first-order chi connectivity index (χ1) is 16.3. The van der Waals surface area contributed by atoms with Gasteiger partial charge in [0.15, 0.2) is 0 Å². The summed E-state index contributed by atoms with van der Waals surface area (Å²) in [7, 11) is -3.73. The fourth-order valence-electron chi connectivity index (χ4n) is 3.56. The van der Waals surface area contributed by atoms with Gasteiger partial charge >= 0.3 is 0 Å². The van der Waals surface area contributed by atoms with Gasteiger partial charge in [-0.25, -0.2) is 8.42 Å². The fourth-order valence-corrected chi connectivity index (χ4v) is 6.23. The number of anilines is 2. The first-order valence-corrected chi connectivity index (χ1v) is 13.7. The molecule has 0 atom stereocenters. The summed E-state index contributed by atoms with van der Waals surface area (Å²) in [5.74, 6) is 0.364. The highest BCUT2D eigenvalue weighted by atomic mass is 79.9. The zero-order valence-electron chi connectivity index (χ0n) is 18.6. The van der Waals surface area contributed by atoms with Gasteiger partial charge in [0.25, 0.3) is 15.9 Å². The quantitative estimate of drug-likeness (QED) is 0.266. The Kier molecular flexibility index (Phi) is 7.25. The summed E-state index contributed by atoms with van der Waals surface area (Å²) < 4.78 is 35.2. The minimum atomic E-state index is -3.73. The van der Waals surface area contributed by atoms with Crippen molar-refractivity contribution < 1.29 is 17.9 Å². The Morgan fingerprint density at radius 2 is 1.76 bits per heavy atom. The highest BCUT2D eigenvalue weighted by Gasteiger charge is 2.24. The number of thiophene rings is 1. The molecular formula is C25H23BrN2O4S2. The zero-order valence-corrected chi connectivity index (χ0v) is 21.8. The minimum absolute atomic E-state index is 0.219. The predicted molar refractivity (Wildman–Crippen MR) is 142 cm³/mol. The number of hydrogen-bond acceptors (Lipinski definition) is 5. The lowest BCUT2D eigenvalue weighted by molar-refractivity contribution is 0.103. The Balaban J connectivity index is 1.63. The van der Waals surface area contributed by atoms with E-state index >= 15 is 0 Å². The van der Waals surface area contributed by atoms with Crippen LogP contribution in [0.5, 0.6) is 5.75 Å². The maximum Gasteiger partial charge on any atom is 0.265 e. The van der Waals surface area contributed by atoms with E-state index in [9.17, 15) is 13.2 Å². The Hall–Kier alpha value is -2.88. The van der Waals surface area contributed by atoms with E-state index in [-0.39, 0.29) is 17.3 Å². The molecule has 6 nitrogen and oxygen atoms in total. The molecule has 1 amide bonds. The van der Waals surface area contributed by atoms with Gasteiger partial charge in [-0.1, -0.05) is 28.1 Å². The van der Waals surface area contributed by atoms with E-state index in [0.29, 0.717) is 28.6 Å². The summed E-state index contributed by atoms with van der Waals surface area (Å²) in [6.07, 6.45) is 0. The van der Waals surface area contributed by atoms with Crippen molar-refractivity contribution in [1.29, 1.82) is 0 Å². The van der Waals surface area contributed by atoms with Gasteiger partial charge in [0.1, 0.15) is 5.75 Å². The lowest BCUT2D eigenvalue weighted by atomic mass is 10.2. The molecule has 0 saturated carbocycles. The monoisotopic (exact) mass is 558 g/mol. The predicted octanol–water partition coefficient (Wildman–Crippen LogP) is 6.53. The maximum absolute atomic E-state index is 13.3. The van der Waals surface area contributed by atoms with Crippen molar-refractivity contribution >= 4 is 64.7 Å². The van der Waals surface area contributed by atoms with Crippen molar-refractivity contribution in [2.75, 3.05) is 22.8 Å². The van der Waals surface area contributed by atoms with Crippen LogP contribution in [0.15, 0.2) is 82.2 Å². The van der Waals surface area contributed by atoms with Gasteiger partial charge in [-0.05, 0) is 79.9 Å². The standard InChI is InChI=1S/C25H23BrN2O4S2/c1-3-28(34(30,31)20-12-9-18(26)10-13-20)19-11-14-23-17(15-19)16-24(33-23)25(29)27-21-7-5-6-8-22(21)32-4-2/h5-16H,3-4H2,1-2H3,(H,27,29). The third-order valence-corrected chi connectivity index (χ3v) is 8.70. The van der Waals surface area contributed by atoms with Crippen LogP contribution >= 0.6 is 27.3 Å². The number of amides is 1. The van der Waals surface area contributed by atoms with Gasteiger partial charge in [-0.2, -0.15) is 0 Å². The molecule has 4 rings (SSSR count). The number of rotatable bonds is 8. The second-order valence-corrected chi connectivity index (χ2v) is 11.2. The molecular weight excluding hydrogens is 536 g/mol. The van der Waals surface area contributed by atoms with Gasteiger partial charge in [-0.3, -0.25) is 9.10 Å². The summed E-state index contributed by atoms with van der Waals surface area (Å²) >= 11 is 4.69. The lowest BCUT2D eigenvalue weighted by Crippen LogP contribution is -2.30. The van der Waals surface area contributed by atoms with Crippen LogP contribution in [0.4, 0.5) is 11.4 Å². The number of fused-ring (bicyclic) bond motifs is 1. The summed E-state index contributed by atoms with van der Waals surface area (Å²) in [5.41, 5.74) is 1.15. The number of para-hydroxylation sites is 2. The van der Waals surface area contributed by atoms with E-state index < -0.39 is 10.0 Å². The van der Waals surface area contributed by atoms with Gasteiger partial charge in [-0.15, -0.1) is 11.3 Å². The average molecular weight is 560 g/mol. The second-order valence-electron chi connectivity index (χ2n) is 7.34. The van der Waals surface area contributed by atoms with E-state index in [0.717, 1.165) is 14.6 Å². The summed E-state index contributed by atoms with van der Waals surface area (Å²) in [6.45, 7) is 4.45. The number of halogens is 1. The molecule has 0 spiro atoms. The molecule has 9 heteroatoms. The minimum Gasteiger partial charge on any atom is -0.492 e. The third-order valence-electron chi connectivity index (χ3n) is 5.14. The molecule has 4 aromatic rings. The summed E-state index contributed by atoms with van der Waals surface area (Å²) in [4.78, 5) is 13.7. The summed E-state index contributed by atoms with van der Waals surface area (Å²) in [5, 5.41) is 3.71. The van der Waals surface area contributed by atoms with Crippen molar-refractivity contribution in [3.05, 3.63) is 82.1 Å². The molecule has 176 valence electrons. The molecule has 0 saturated heterocycles. The van der Waals surface area contributed by atoms with Crippen LogP contribution in [0.3, 0.4) is 0 Å². The first-order valence-electron chi connectivity index (χ1n) is 10.7. The number of benzene rings is 3. The second kappa shape index (κ2) is 10.2. The third kappa shape index (κ3) is 4.96. The van der Waals surface area contributed by atoms with Gasteiger partial charge < -0.3 is 10.1 Å². The Morgan fingerprint density at radius 3 is 2.47 bits per heavy atom. The lowest BCUT2D eigenvalue weighted by Gasteiger charge is -2.23. The van der Waals surface area contributed by atoms with Crippen molar-refractivity contribution in [2.45, 2.75) is 18.7 Å². The Morgan fingerprint density at radius 1 is 1.03 bits per heavy atom. The molecule has 0 bridgehead atoms. The van der Waals surface area contributed by atoms with Crippen LogP contribution in [0.25, 0.3) is 10.1 Å². The van der Waals surface area contributed by atoms with Crippen LogP contribution in [-0.4, -0.2) is 27.5 Å². The number of nitrogens with one attached hydrogen (secondary N) is 1. The van der Waals surface area contributed by atoms with Crippen molar-refractivity contribution in [1.82, 2.24) is 0 Å². The molecule has 0 aliphatic heterocycles. The molecule has 1 N–H and O–H groups in total. The molecule has 1 heterocycles. The SMILES string of the molecule is CCOc1ccccc1NC(=O)c1cc2cc(N(CC)S(=O)(=O)c3ccc(Br)cc3)ccc2s1.